The third-order valence-electron chi connectivity index (χ3n) is 5.33. The Morgan fingerprint density at radius 1 is 1.35 bits per heavy atom. The van der Waals surface area contributed by atoms with Crippen molar-refractivity contribution in [3.63, 3.8) is 0 Å². The van der Waals surface area contributed by atoms with Crippen molar-refractivity contribution in [3.05, 3.63) is 45.6 Å². The van der Waals surface area contributed by atoms with Gasteiger partial charge in [-0.15, -0.1) is 0 Å². The standard InChI is InChI=1S/C20H25ClN6O4/c1-25(10-9-18(28)31-2)16-7-11-26(12-8-16)19-17(27(29)30)13-22-20(24-19)23-15-5-3-14(21)4-6-15/h3-6,13,16H,7-12H2,1-2H3,(H,22,23,24). The molecule has 3 rings (SSSR count). The molecule has 0 amide bonds. The molecule has 11 heteroatoms. The van der Waals surface area contributed by atoms with Crippen LogP contribution in [0.15, 0.2) is 30.5 Å². The number of carbonyl (C=O) groups is 1. The summed E-state index contributed by atoms with van der Waals surface area (Å²) in [6.07, 6.45) is 3.18. The third-order valence-corrected chi connectivity index (χ3v) is 5.58. The first kappa shape index (κ1) is 22.7. The van der Waals surface area contributed by atoms with Gasteiger partial charge in [-0.3, -0.25) is 14.9 Å². The molecule has 31 heavy (non-hydrogen) atoms. The first-order valence-electron chi connectivity index (χ1n) is 9.93. The van der Waals surface area contributed by atoms with E-state index in [1.165, 1.54) is 13.3 Å². The van der Waals surface area contributed by atoms with E-state index < -0.39 is 4.92 Å². The van der Waals surface area contributed by atoms with Crippen molar-refractivity contribution in [2.24, 2.45) is 0 Å². The lowest BCUT2D eigenvalue weighted by Gasteiger charge is -2.37. The molecule has 1 N–H and O–H groups in total. The summed E-state index contributed by atoms with van der Waals surface area (Å²) < 4.78 is 4.69. The van der Waals surface area contributed by atoms with Gasteiger partial charge >= 0.3 is 11.7 Å². The van der Waals surface area contributed by atoms with E-state index in [0.717, 1.165) is 18.5 Å². The molecule has 1 aliphatic rings. The number of nitro groups is 1. The highest BCUT2D eigenvalue weighted by molar-refractivity contribution is 6.30. The number of carbonyl (C=O) groups excluding carboxylic acids is 1. The Kier molecular flexibility index (Phi) is 7.59. The minimum absolute atomic E-state index is 0.126. The van der Waals surface area contributed by atoms with Gasteiger partial charge in [0.15, 0.2) is 0 Å². The smallest absolute Gasteiger partial charge is 0.329 e. The Hall–Kier alpha value is -2.98. The van der Waals surface area contributed by atoms with Crippen molar-refractivity contribution in [1.82, 2.24) is 14.9 Å². The highest BCUT2D eigenvalue weighted by atomic mass is 35.5. The predicted octanol–water partition coefficient (Wildman–Crippen LogP) is 3.25. The van der Waals surface area contributed by atoms with Crippen LogP contribution in [0.2, 0.25) is 5.02 Å². The molecule has 10 nitrogen and oxygen atoms in total. The predicted molar refractivity (Wildman–Crippen MR) is 118 cm³/mol. The van der Waals surface area contributed by atoms with Gasteiger partial charge in [0.25, 0.3) is 0 Å². The second-order valence-electron chi connectivity index (χ2n) is 7.32. The van der Waals surface area contributed by atoms with Crippen molar-refractivity contribution >= 4 is 40.7 Å². The maximum absolute atomic E-state index is 11.5. The van der Waals surface area contributed by atoms with Crippen molar-refractivity contribution in [3.8, 4) is 0 Å². The van der Waals surface area contributed by atoms with E-state index >= 15 is 0 Å². The van der Waals surface area contributed by atoms with Gasteiger partial charge in [-0.1, -0.05) is 11.6 Å². The summed E-state index contributed by atoms with van der Waals surface area (Å²) >= 11 is 5.91. The second kappa shape index (κ2) is 10.4. The van der Waals surface area contributed by atoms with Crippen molar-refractivity contribution in [1.29, 1.82) is 0 Å². The number of rotatable bonds is 8. The summed E-state index contributed by atoms with van der Waals surface area (Å²) in [6.45, 7) is 1.84. The fourth-order valence-corrected chi connectivity index (χ4v) is 3.65. The number of halogens is 1. The van der Waals surface area contributed by atoms with Crippen LogP contribution in [0.5, 0.6) is 0 Å². The first-order chi connectivity index (χ1) is 14.9. The van der Waals surface area contributed by atoms with Crippen LogP contribution in [-0.4, -0.2) is 65.6 Å². The second-order valence-corrected chi connectivity index (χ2v) is 7.75. The lowest BCUT2D eigenvalue weighted by Crippen LogP contribution is -2.44. The molecule has 0 unspecified atom stereocenters. The molecule has 0 radical (unpaired) electrons. The Morgan fingerprint density at radius 2 is 2.03 bits per heavy atom. The van der Waals surface area contributed by atoms with Gasteiger partial charge < -0.3 is 19.9 Å². The number of nitrogens with zero attached hydrogens (tertiary/aromatic N) is 5. The minimum Gasteiger partial charge on any atom is -0.469 e. The number of methoxy groups -OCH3 is 1. The molecule has 1 saturated heterocycles. The first-order valence-corrected chi connectivity index (χ1v) is 10.3. The summed E-state index contributed by atoms with van der Waals surface area (Å²) in [6, 6.07) is 7.31. The van der Waals surface area contributed by atoms with E-state index in [-0.39, 0.29) is 23.6 Å². The Bertz CT molecular complexity index is 918. The van der Waals surface area contributed by atoms with Gasteiger partial charge in [-0.25, -0.2) is 4.98 Å². The highest BCUT2D eigenvalue weighted by Gasteiger charge is 2.28. The summed E-state index contributed by atoms with van der Waals surface area (Å²) in [7, 11) is 3.36. The summed E-state index contributed by atoms with van der Waals surface area (Å²) in [5.41, 5.74) is 0.606. The third kappa shape index (κ3) is 6.02. The maximum Gasteiger partial charge on any atom is 0.329 e. The Morgan fingerprint density at radius 3 is 2.65 bits per heavy atom. The molecule has 1 aliphatic heterocycles. The average molecular weight is 449 g/mol. The average Bonchev–Trinajstić information content (AvgIpc) is 2.78. The topological polar surface area (TPSA) is 114 Å². The van der Waals surface area contributed by atoms with Gasteiger partial charge in [0.2, 0.25) is 11.8 Å². The monoisotopic (exact) mass is 448 g/mol. The molecule has 0 bridgehead atoms. The van der Waals surface area contributed by atoms with E-state index in [4.69, 9.17) is 16.3 Å². The van der Waals surface area contributed by atoms with E-state index in [0.29, 0.717) is 36.9 Å². The Labute approximate surface area is 185 Å². The molecular weight excluding hydrogens is 424 g/mol. The summed E-state index contributed by atoms with van der Waals surface area (Å²) in [5.74, 6) is 0.342. The van der Waals surface area contributed by atoms with Crippen LogP contribution in [0, 0.1) is 10.1 Å². The number of ether oxygens (including phenoxy) is 1. The molecule has 166 valence electrons. The van der Waals surface area contributed by atoms with Gasteiger partial charge in [0, 0.05) is 36.4 Å². The quantitative estimate of drug-likeness (QED) is 0.369. The van der Waals surface area contributed by atoms with E-state index in [1.807, 2.05) is 11.9 Å². The highest BCUT2D eigenvalue weighted by Crippen LogP contribution is 2.30. The van der Waals surface area contributed by atoms with Crippen LogP contribution in [0.25, 0.3) is 0 Å². The fourth-order valence-electron chi connectivity index (χ4n) is 3.52. The molecule has 2 aromatic rings. The molecule has 2 heterocycles. The minimum atomic E-state index is -0.462. The summed E-state index contributed by atoms with van der Waals surface area (Å²) in [5, 5.41) is 15.2. The van der Waals surface area contributed by atoms with Gasteiger partial charge in [-0.05, 0) is 44.2 Å². The number of nitrogens with one attached hydrogen (secondary N) is 1. The number of esters is 1. The van der Waals surface area contributed by atoms with Gasteiger partial charge in [-0.2, -0.15) is 4.98 Å². The zero-order chi connectivity index (χ0) is 22.4. The van der Waals surface area contributed by atoms with Gasteiger partial charge in [0.1, 0.15) is 6.20 Å². The zero-order valence-electron chi connectivity index (χ0n) is 17.5. The number of hydrogen-bond acceptors (Lipinski definition) is 9. The number of benzene rings is 1. The van der Waals surface area contributed by atoms with Gasteiger partial charge in [0.05, 0.1) is 18.5 Å². The normalized spacial score (nSPS) is 14.5. The van der Waals surface area contributed by atoms with E-state index in [2.05, 4.69) is 20.2 Å². The molecule has 1 aromatic heterocycles. The zero-order valence-corrected chi connectivity index (χ0v) is 18.2. The van der Waals surface area contributed by atoms with E-state index in [1.54, 1.807) is 24.3 Å². The lowest BCUT2D eigenvalue weighted by atomic mass is 10.0. The number of anilines is 3. The fraction of sp³-hybridized carbons (Fsp3) is 0.450. The van der Waals surface area contributed by atoms with Crippen LogP contribution in [0.3, 0.4) is 0 Å². The van der Waals surface area contributed by atoms with Crippen molar-refractivity contribution in [2.45, 2.75) is 25.3 Å². The number of aromatic nitrogens is 2. The largest absolute Gasteiger partial charge is 0.469 e. The van der Waals surface area contributed by atoms with Crippen LogP contribution >= 0.6 is 11.6 Å². The number of hydrogen-bond donors (Lipinski definition) is 1. The molecule has 1 aromatic carbocycles. The van der Waals surface area contributed by atoms with Crippen LogP contribution in [-0.2, 0) is 9.53 Å². The van der Waals surface area contributed by atoms with E-state index in [9.17, 15) is 14.9 Å². The molecule has 0 aliphatic carbocycles. The maximum atomic E-state index is 11.5. The molecule has 0 saturated carbocycles. The lowest BCUT2D eigenvalue weighted by molar-refractivity contribution is -0.384. The van der Waals surface area contributed by atoms with Crippen molar-refractivity contribution < 1.29 is 14.5 Å². The SMILES string of the molecule is COC(=O)CCN(C)C1CCN(c2nc(Nc3ccc(Cl)cc3)ncc2[N+](=O)[O-])CC1. The van der Waals surface area contributed by atoms with Crippen molar-refractivity contribution in [2.75, 3.05) is 44.0 Å². The molecular formula is C20H25ClN6O4. The molecule has 1 fully saturated rings. The Balaban J connectivity index is 1.69. The van der Waals surface area contributed by atoms with Crippen LogP contribution in [0.4, 0.5) is 23.1 Å². The molecule has 0 atom stereocenters. The summed E-state index contributed by atoms with van der Waals surface area (Å²) in [4.78, 5) is 35.0. The molecule has 0 spiro atoms. The number of piperidine rings is 1. The van der Waals surface area contributed by atoms with Crippen LogP contribution < -0.4 is 10.2 Å². The van der Waals surface area contributed by atoms with Crippen LogP contribution in [0.1, 0.15) is 19.3 Å².